The molecule has 0 spiro atoms. The van der Waals surface area contributed by atoms with E-state index in [1.165, 1.54) is 0 Å². The number of amides is 2. The van der Waals surface area contributed by atoms with E-state index in [0.717, 1.165) is 16.1 Å². The van der Waals surface area contributed by atoms with Crippen LogP contribution in [0.5, 0.6) is 5.75 Å². The molecule has 0 fully saturated rings. The topological polar surface area (TPSA) is 67.4 Å². The molecule has 24 heavy (non-hydrogen) atoms. The number of nitrogens with one attached hydrogen (secondary N) is 2. The van der Waals surface area contributed by atoms with Crippen LogP contribution in [0.4, 0.5) is 5.69 Å². The second kappa shape index (κ2) is 7.88. The highest BCUT2D eigenvalue weighted by Crippen LogP contribution is 2.31. The van der Waals surface area contributed by atoms with Crippen LogP contribution in [-0.4, -0.2) is 30.7 Å². The molecular formula is C18H18N2O3S. The van der Waals surface area contributed by atoms with Crippen LogP contribution in [0.15, 0.2) is 53.4 Å². The van der Waals surface area contributed by atoms with Crippen LogP contribution >= 0.6 is 11.8 Å². The van der Waals surface area contributed by atoms with Gasteiger partial charge in [-0.3, -0.25) is 9.59 Å². The second-order valence-corrected chi connectivity index (χ2v) is 6.39. The minimum absolute atomic E-state index is 0.000891. The van der Waals surface area contributed by atoms with E-state index in [1.807, 2.05) is 48.5 Å². The third-order valence-electron chi connectivity index (χ3n) is 3.53. The van der Waals surface area contributed by atoms with E-state index in [4.69, 9.17) is 4.74 Å². The summed E-state index contributed by atoms with van der Waals surface area (Å²) in [4.78, 5) is 24.3. The van der Waals surface area contributed by atoms with Crippen molar-refractivity contribution in [3.05, 3.63) is 54.1 Å². The molecule has 2 amide bonds. The number of hydrogen-bond acceptors (Lipinski definition) is 4. The van der Waals surface area contributed by atoms with Crippen LogP contribution in [0.25, 0.3) is 0 Å². The maximum atomic E-state index is 11.8. The second-order valence-electron chi connectivity index (χ2n) is 5.37. The molecule has 2 N–H and O–H groups in total. The predicted molar refractivity (Wildman–Crippen MR) is 94.4 cm³/mol. The van der Waals surface area contributed by atoms with E-state index in [2.05, 4.69) is 10.6 Å². The molecule has 0 aliphatic carbocycles. The van der Waals surface area contributed by atoms with E-state index in [0.29, 0.717) is 24.5 Å². The maximum Gasteiger partial charge on any atom is 0.257 e. The number of para-hydroxylation sites is 1. The average Bonchev–Trinajstić information content (AvgIpc) is 2.60. The Labute approximate surface area is 144 Å². The molecule has 0 atom stereocenters. The molecule has 0 aromatic heterocycles. The van der Waals surface area contributed by atoms with Gasteiger partial charge in [-0.2, -0.15) is 0 Å². The smallest absolute Gasteiger partial charge is 0.257 e. The van der Waals surface area contributed by atoms with Gasteiger partial charge >= 0.3 is 0 Å². The molecule has 0 saturated carbocycles. The molecule has 1 heterocycles. The van der Waals surface area contributed by atoms with E-state index >= 15 is 0 Å². The number of carbonyl (C=O) groups is 2. The molecule has 5 nitrogen and oxygen atoms in total. The Morgan fingerprint density at radius 2 is 2.04 bits per heavy atom. The van der Waals surface area contributed by atoms with Crippen LogP contribution in [0.2, 0.25) is 0 Å². The molecule has 3 rings (SSSR count). The lowest BCUT2D eigenvalue weighted by Crippen LogP contribution is -2.30. The Kier molecular flexibility index (Phi) is 5.38. The van der Waals surface area contributed by atoms with E-state index in [1.54, 1.807) is 11.8 Å². The van der Waals surface area contributed by atoms with Gasteiger partial charge in [0.15, 0.2) is 6.61 Å². The SMILES string of the molecule is O=C(COc1ccccc1)NCCc1ccc2c(c1)NC(=O)CS2. The van der Waals surface area contributed by atoms with Gasteiger partial charge < -0.3 is 15.4 Å². The monoisotopic (exact) mass is 342 g/mol. The molecule has 2 aromatic carbocycles. The van der Waals surface area contributed by atoms with Crippen molar-refractivity contribution in [1.82, 2.24) is 5.32 Å². The van der Waals surface area contributed by atoms with Gasteiger partial charge in [0.2, 0.25) is 5.91 Å². The quantitative estimate of drug-likeness (QED) is 0.846. The highest BCUT2D eigenvalue weighted by atomic mass is 32.2. The number of rotatable bonds is 6. The van der Waals surface area contributed by atoms with Crippen molar-refractivity contribution in [1.29, 1.82) is 0 Å². The fourth-order valence-electron chi connectivity index (χ4n) is 2.35. The zero-order chi connectivity index (χ0) is 16.8. The summed E-state index contributed by atoms with van der Waals surface area (Å²) in [6, 6.07) is 15.2. The van der Waals surface area contributed by atoms with Gasteiger partial charge in [0, 0.05) is 11.4 Å². The Morgan fingerprint density at radius 1 is 1.21 bits per heavy atom. The number of ether oxygens (including phenoxy) is 1. The molecule has 0 unspecified atom stereocenters. The van der Waals surface area contributed by atoms with Gasteiger partial charge in [-0.1, -0.05) is 24.3 Å². The van der Waals surface area contributed by atoms with Crippen molar-refractivity contribution < 1.29 is 14.3 Å². The molecular weight excluding hydrogens is 324 g/mol. The van der Waals surface area contributed by atoms with Crippen LogP contribution in [0, 0.1) is 0 Å². The van der Waals surface area contributed by atoms with E-state index in [-0.39, 0.29) is 18.4 Å². The van der Waals surface area contributed by atoms with Gasteiger partial charge in [-0.25, -0.2) is 0 Å². The summed E-state index contributed by atoms with van der Waals surface area (Å²) in [5, 5.41) is 5.70. The largest absolute Gasteiger partial charge is 0.484 e. The van der Waals surface area contributed by atoms with Crippen molar-refractivity contribution in [2.75, 3.05) is 24.2 Å². The fourth-order valence-corrected chi connectivity index (χ4v) is 3.14. The third kappa shape index (κ3) is 4.52. The summed E-state index contributed by atoms with van der Waals surface area (Å²) >= 11 is 1.54. The normalized spacial score (nSPS) is 12.9. The van der Waals surface area contributed by atoms with Crippen molar-refractivity contribution in [3.63, 3.8) is 0 Å². The Morgan fingerprint density at radius 3 is 2.88 bits per heavy atom. The van der Waals surface area contributed by atoms with Crippen LogP contribution < -0.4 is 15.4 Å². The predicted octanol–water partition coefficient (Wildman–Crippen LogP) is 2.47. The first-order chi connectivity index (χ1) is 11.7. The summed E-state index contributed by atoms with van der Waals surface area (Å²) in [6.07, 6.45) is 0.699. The third-order valence-corrected chi connectivity index (χ3v) is 4.60. The molecule has 1 aliphatic heterocycles. The summed E-state index contributed by atoms with van der Waals surface area (Å²) in [5.41, 5.74) is 1.92. The maximum absolute atomic E-state index is 11.8. The molecule has 1 aliphatic rings. The molecule has 6 heteroatoms. The van der Waals surface area contributed by atoms with Crippen molar-refractivity contribution in [2.45, 2.75) is 11.3 Å². The van der Waals surface area contributed by atoms with Crippen molar-refractivity contribution in [3.8, 4) is 5.75 Å². The van der Waals surface area contributed by atoms with Gasteiger partial charge in [0.25, 0.3) is 5.91 Å². The number of carbonyl (C=O) groups excluding carboxylic acids is 2. The van der Waals surface area contributed by atoms with Crippen LogP contribution in [0.3, 0.4) is 0 Å². The van der Waals surface area contributed by atoms with Crippen molar-refractivity contribution >= 4 is 29.3 Å². The fraction of sp³-hybridized carbons (Fsp3) is 0.222. The number of anilines is 1. The summed E-state index contributed by atoms with van der Waals surface area (Å²) < 4.78 is 5.39. The lowest BCUT2D eigenvalue weighted by atomic mass is 10.1. The Bertz CT molecular complexity index is 734. The average molecular weight is 342 g/mol. The van der Waals surface area contributed by atoms with Crippen molar-refractivity contribution in [2.24, 2.45) is 0 Å². The number of hydrogen-bond donors (Lipinski definition) is 2. The van der Waals surface area contributed by atoms with Crippen LogP contribution in [-0.2, 0) is 16.0 Å². The minimum Gasteiger partial charge on any atom is -0.484 e. The van der Waals surface area contributed by atoms with E-state index < -0.39 is 0 Å². The Hall–Kier alpha value is -2.47. The van der Waals surface area contributed by atoms with Gasteiger partial charge in [0.1, 0.15) is 5.75 Å². The lowest BCUT2D eigenvalue weighted by Gasteiger charge is -2.17. The number of thioether (sulfide) groups is 1. The molecule has 2 aromatic rings. The summed E-state index contributed by atoms with van der Waals surface area (Å²) in [7, 11) is 0. The van der Waals surface area contributed by atoms with Gasteiger partial charge in [-0.15, -0.1) is 11.8 Å². The van der Waals surface area contributed by atoms with E-state index in [9.17, 15) is 9.59 Å². The first kappa shape index (κ1) is 16.4. The zero-order valence-electron chi connectivity index (χ0n) is 13.1. The zero-order valence-corrected chi connectivity index (χ0v) is 13.9. The molecule has 0 saturated heterocycles. The van der Waals surface area contributed by atoms with Gasteiger partial charge in [-0.05, 0) is 36.2 Å². The highest BCUT2D eigenvalue weighted by Gasteiger charge is 2.15. The first-order valence-corrected chi connectivity index (χ1v) is 8.69. The summed E-state index contributed by atoms with van der Waals surface area (Å²) in [6.45, 7) is 0.526. The summed E-state index contributed by atoms with van der Waals surface area (Å²) in [5.74, 6) is 1.01. The lowest BCUT2D eigenvalue weighted by molar-refractivity contribution is -0.123. The number of fused-ring (bicyclic) bond motifs is 1. The Balaban J connectivity index is 1.44. The minimum atomic E-state index is -0.152. The van der Waals surface area contributed by atoms with Gasteiger partial charge in [0.05, 0.1) is 11.4 Å². The molecule has 124 valence electrons. The number of benzene rings is 2. The molecule has 0 radical (unpaired) electrons. The standard InChI is InChI=1S/C18H18N2O3S/c21-17(11-23-14-4-2-1-3-5-14)19-9-8-13-6-7-16-15(10-13)20-18(22)12-24-16/h1-7,10H,8-9,11-12H2,(H,19,21)(H,20,22). The molecule has 0 bridgehead atoms. The highest BCUT2D eigenvalue weighted by molar-refractivity contribution is 8.00. The van der Waals surface area contributed by atoms with Crippen LogP contribution in [0.1, 0.15) is 5.56 Å². The first-order valence-electron chi connectivity index (χ1n) is 7.71.